The molecule has 19 heavy (non-hydrogen) atoms. The van der Waals surface area contributed by atoms with Crippen LogP contribution >= 0.6 is 15.9 Å². The van der Waals surface area contributed by atoms with Gasteiger partial charge < -0.3 is 9.52 Å². The zero-order chi connectivity index (χ0) is 13.6. The second-order valence-corrected chi connectivity index (χ2v) is 4.92. The molecule has 0 aliphatic rings. The predicted octanol–water partition coefficient (Wildman–Crippen LogP) is 3.41. The zero-order valence-corrected chi connectivity index (χ0v) is 11.1. The van der Waals surface area contributed by atoms with Crippen LogP contribution in [0.1, 0.15) is 10.4 Å². The van der Waals surface area contributed by atoms with Crippen LogP contribution < -0.4 is 5.43 Å². The highest BCUT2D eigenvalue weighted by Crippen LogP contribution is 2.26. The standard InChI is InChI=1S/C14H7BrO4/c15-9-5-7(14(17)18)6-11-12(9)13(16)8-3-1-2-4-10(8)19-11/h1-6H,(H,17,18). The lowest BCUT2D eigenvalue weighted by Crippen LogP contribution is -2.05. The van der Waals surface area contributed by atoms with Crippen LogP contribution in [0.4, 0.5) is 0 Å². The Morgan fingerprint density at radius 3 is 2.63 bits per heavy atom. The molecule has 0 bridgehead atoms. The van der Waals surface area contributed by atoms with Crippen LogP contribution in [-0.2, 0) is 0 Å². The third kappa shape index (κ3) is 1.82. The molecule has 0 fully saturated rings. The van der Waals surface area contributed by atoms with Gasteiger partial charge in [0.2, 0.25) is 5.43 Å². The van der Waals surface area contributed by atoms with Crippen LogP contribution in [0, 0.1) is 0 Å². The monoisotopic (exact) mass is 318 g/mol. The minimum Gasteiger partial charge on any atom is -0.478 e. The molecule has 0 unspecified atom stereocenters. The number of aromatic carboxylic acids is 1. The lowest BCUT2D eigenvalue weighted by molar-refractivity contribution is 0.0697. The summed E-state index contributed by atoms with van der Waals surface area (Å²) in [5.41, 5.74) is 0.586. The van der Waals surface area contributed by atoms with E-state index >= 15 is 0 Å². The number of halogens is 1. The van der Waals surface area contributed by atoms with Crippen molar-refractivity contribution in [1.82, 2.24) is 0 Å². The second-order valence-electron chi connectivity index (χ2n) is 4.06. The lowest BCUT2D eigenvalue weighted by atomic mass is 10.1. The summed E-state index contributed by atoms with van der Waals surface area (Å²) in [7, 11) is 0. The van der Waals surface area contributed by atoms with Crippen molar-refractivity contribution in [3.05, 3.63) is 56.7 Å². The highest BCUT2D eigenvalue weighted by molar-refractivity contribution is 9.10. The van der Waals surface area contributed by atoms with Gasteiger partial charge in [0.05, 0.1) is 16.3 Å². The molecule has 0 amide bonds. The molecule has 3 rings (SSSR count). The van der Waals surface area contributed by atoms with Crippen LogP contribution in [-0.4, -0.2) is 11.1 Å². The van der Waals surface area contributed by atoms with Crippen molar-refractivity contribution in [3.8, 4) is 0 Å². The van der Waals surface area contributed by atoms with Gasteiger partial charge in [-0.05, 0) is 40.2 Å². The molecule has 1 aromatic heterocycles. The summed E-state index contributed by atoms with van der Waals surface area (Å²) in [5, 5.41) is 9.83. The van der Waals surface area contributed by atoms with E-state index in [0.717, 1.165) is 0 Å². The Balaban J connectivity index is 2.54. The van der Waals surface area contributed by atoms with E-state index in [0.29, 0.717) is 20.8 Å². The third-order valence-corrected chi connectivity index (χ3v) is 3.51. The summed E-state index contributed by atoms with van der Waals surface area (Å²) in [6, 6.07) is 9.63. The molecule has 1 N–H and O–H groups in total. The van der Waals surface area contributed by atoms with E-state index < -0.39 is 5.97 Å². The largest absolute Gasteiger partial charge is 0.478 e. The SMILES string of the molecule is O=C(O)c1cc(Br)c2c(=O)c3ccccc3oc2c1. The maximum Gasteiger partial charge on any atom is 0.335 e. The smallest absolute Gasteiger partial charge is 0.335 e. The van der Waals surface area contributed by atoms with Gasteiger partial charge in [0.25, 0.3) is 0 Å². The molecule has 5 heteroatoms. The molecule has 0 aliphatic heterocycles. The van der Waals surface area contributed by atoms with E-state index in [1.54, 1.807) is 24.3 Å². The Bertz CT molecular complexity index is 880. The van der Waals surface area contributed by atoms with Crippen LogP contribution in [0.25, 0.3) is 21.9 Å². The maximum atomic E-state index is 12.4. The van der Waals surface area contributed by atoms with Gasteiger partial charge in [-0.3, -0.25) is 4.79 Å². The molecule has 0 saturated carbocycles. The zero-order valence-electron chi connectivity index (χ0n) is 9.51. The highest BCUT2D eigenvalue weighted by Gasteiger charge is 2.14. The Hall–Kier alpha value is -2.14. The molecule has 3 aromatic rings. The predicted molar refractivity (Wildman–Crippen MR) is 74.6 cm³/mol. The number of hydrogen-bond acceptors (Lipinski definition) is 3. The number of carboxylic acids is 1. The number of carboxylic acid groups (broad SMARTS) is 1. The van der Waals surface area contributed by atoms with Crippen molar-refractivity contribution >= 4 is 43.8 Å². The molecule has 1 heterocycles. The van der Waals surface area contributed by atoms with Crippen molar-refractivity contribution in [2.24, 2.45) is 0 Å². The quantitative estimate of drug-likeness (QED) is 0.698. The first kappa shape index (κ1) is 11.9. The first-order valence-electron chi connectivity index (χ1n) is 5.46. The van der Waals surface area contributed by atoms with Crippen LogP contribution in [0.15, 0.2) is 50.1 Å². The molecule has 4 nitrogen and oxygen atoms in total. The fourth-order valence-electron chi connectivity index (χ4n) is 2.00. The van der Waals surface area contributed by atoms with Gasteiger partial charge in [-0.2, -0.15) is 0 Å². The number of benzene rings is 2. The van der Waals surface area contributed by atoms with Crippen molar-refractivity contribution in [2.75, 3.05) is 0 Å². The van der Waals surface area contributed by atoms with Gasteiger partial charge in [0, 0.05) is 4.47 Å². The minimum absolute atomic E-state index is 0.0674. The second kappa shape index (κ2) is 4.20. The van der Waals surface area contributed by atoms with Gasteiger partial charge in [-0.15, -0.1) is 0 Å². The minimum atomic E-state index is -1.07. The normalized spacial score (nSPS) is 11.0. The molecular weight excluding hydrogens is 312 g/mol. The lowest BCUT2D eigenvalue weighted by Gasteiger charge is -2.04. The van der Waals surface area contributed by atoms with Gasteiger partial charge >= 0.3 is 5.97 Å². The van der Waals surface area contributed by atoms with Crippen molar-refractivity contribution in [1.29, 1.82) is 0 Å². The van der Waals surface area contributed by atoms with Crippen LogP contribution in [0.5, 0.6) is 0 Å². The molecule has 0 atom stereocenters. The Morgan fingerprint density at radius 2 is 1.89 bits per heavy atom. The average Bonchev–Trinajstić information content (AvgIpc) is 2.38. The van der Waals surface area contributed by atoms with Crippen molar-refractivity contribution < 1.29 is 14.3 Å². The molecule has 0 radical (unpaired) electrons. The van der Waals surface area contributed by atoms with Gasteiger partial charge in [0.15, 0.2) is 0 Å². The van der Waals surface area contributed by atoms with E-state index in [1.807, 2.05) is 0 Å². The number of rotatable bonds is 1. The first-order chi connectivity index (χ1) is 9.08. The Morgan fingerprint density at radius 1 is 1.16 bits per heavy atom. The fraction of sp³-hybridized carbons (Fsp3) is 0. The van der Waals surface area contributed by atoms with E-state index in [4.69, 9.17) is 9.52 Å². The molecule has 2 aromatic carbocycles. The Kier molecular flexibility index (Phi) is 2.64. The van der Waals surface area contributed by atoms with Crippen LogP contribution in [0.3, 0.4) is 0 Å². The number of fused-ring (bicyclic) bond motifs is 2. The average molecular weight is 319 g/mol. The summed E-state index contributed by atoms with van der Waals surface area (Å²) in [5.74, 6) is -1.07. The topological polar surface area (TPSA) is 67.5 Å². The highest BCUT2D eigenvalue weighted by atomic mass is 79.9. The van der Waals surface area contributed by atoms with Gasteiger partial charge in [-0.1, -0.05) is 12.1 Å². The molecule has 0 saturated heterocycles. The molecule has 0 spiro atoms. The summed E-state index contributed by atoms with van der Waals surface area (Å²) in [6.07, 6.45) is 0. The summed E-state index contributed by atoms with van der Waals surface area (Å²) in [6.45, 7) is 0. The van der Waals surface area contributed by atoms with Crippen LogP contribution in [0.2, 0.25) is 0 Å². The van der Waals surface area contributed by atoms with Crippen molar-refractivity contribution in [2.45, 2.75) is 0 Å². The summed E-state index contributed by atoms with van der Waals surface area (Å²) < 4.78 is 6.02. The maximum absolute atomic E-state index is 12.4. The van der Waals surface area contributed by atoms with Gasteiger partial charge in [-0.25, -0.2) is 4.79 Å². The molecule has 94 valence electrons. The Labute approximate surface area is 115 Å². The first-order valence-corrected chi connectivity index (χ1v) is 6.25. The summed E-state index contributed by atoms with van der Waals surface area (Å²) >= 11 is 3.23. The van der Waals surface area contributed by atoms with Gasteiger partial charge in [0.1, 0.15) is 11.2 Å². The fourth-order valence-corrected chi connectivity index (χ4v) is 2.62. The van der Waals surface area contributed by atoms with E-state index in [1.165, 1.54) is 12.1 Å². The summed E-state index contributed by atoms with van der Waals surface area (Å²) in [4.78, 5) is 23.4. The molecular formula is C14H7BrO4. The number of para-hydroxylation sites is 1. The third-order valence-electron chi connectivity index (χ3n) is 2.88. The van der Waals surface area contributed by atoms with E-state index in [2.05, 4.69) is 15.9 Å². The van der Waals surface area contributed by atoms with E-state index in [-0.39, 0.29) is 16.6 Å². The van der Waals surface area contributed by atoms with Crippen molar-refractivity contribution in [3.63, 3.8) is 0 Å². The number of carbonyl (C=O) groups is 1. The van der Waals surface area contributed by atoms with E-state index in [9.17, 15) is 9.59 Å². The molecule has 0 aliphatic carbocycles. The number of hydrogen-bond donors (Lipinski definition) is 1.